The molecule has 2 heterocycles. The van der Waals surface area contributed by atoms with E-state index >= 15 is 0 Å². The van der Waals surface area contributed by atoms with E-state index in [-0.39, 0.29) is 0 Å². The van der Waals surface area contributed by atoms with Crippen molar-refractivity contribution in [1.29, 1.82) is 5.26 Å². The quantitative estimate of drug-likeness (QED) is 0.818. The Morgan fingerprint density at radius 3 is 2.90 bits per heavy atom. The second-order valence-corrected chi connectivity index (χ2v) is 4.27. The Bertz CT molecular complexity index is 622. The van der Waals surface area contributed by atoms with E-state index in [0.717, 1.165) is 5.69 Å². The van der Waals surface area contributed by atoms with Crippen LogP contribution in [0.5, 0.6) is 0 Å². The molecule has 0 aliphatic rings. The van der Waals surface area contributed by atoms with Crippen LogP contribution in [0.2, 0.25) is 0 Å². The molecule has 0 radical (unpaired) electrons. The van der Waals surface area contributed by atoms with E-state index in [1.165, 1.54) is 0 Å². The summed E-state index contributed by atoms with van der Waals surface area (Å²) in [5.74, 6) is 0.451. The van der Waals surface area contributed by atoms with Gasteiger partial charge < -0.3 is 10.6 Å². The molecule has 2 aromatic heterocycles. The molecule has 0 aromatic carbocycles. The molecule has 0 aliphatic carbocycles. The number of nitrogens with one attached hydrogen (secondary N) is 2. The molecule has 0 amide bonds. The van der Waals surface area contributed by atoms with E-state index in [9.17, 15) is 0 Å². The molecule has 0 aliphatic heterocycles. The maximum atomic E-state index is 8.95. The van der Waals surface area contributed by atoms with E-state index < -0.39 is 0 Å². The first-order chi connectivity index (χ1) is 9.79. The number of nitrogens with zero attached hydrogens (tertiary/aromatic N) is 4. The minimum absolute atomic E-state index is 0.420. The van der Waals surface area contributed by atoms with Crippen LogP contribution in [0.15, 0.2) is 36.7 Å². The first kappa shape index (κ1) is 13.8. The normalized spacial score (nSPS) is 9.55. The molecular weight excluding hydrogens is 272 g/mol. The summed E-state index contributed by atoms with van der Waals surface area (Å²) >= 11 is 5.15. The van der Waals surface area contributed by atoms with E-state index in [2.05, 4.69) is 31.9 Å². The van der Waals surface area contributed by atoms with Gasteiger partial charge in [-0.25, -0.2) is 4.98 Å². The van der Waals surface area contributed by atoms with Gasteiger partial charge in [-0.05, 0) is 36.5 Å². The Hall–Kier alpha value is -2.59. The maximum Gasteiger partial charge on any atom is 0.171 e. The van der Waals surface area contributed by atoms with Crippen LogP contribution < -0.4 is 10.6 Å². The lowest BCUT2D eigenvalue weighted by Crippen LogP contribution is -2.31. The fourth-order valence-electron chi connectivity index (χ4n) is 1.52. The van der Waals surface area contributed by atoms with E-state index in [1.54, 1.807) is 24.5 Å². The molecule has 0 atom stereocenters. The molecular formula is C13H12N6S. The number of nitriles is 1. The SMILES string of the molecule is N#Cc1cccnc1NC(=S)NCCc1cccnn1. The van der Waals surface area contributed by atoms with Gasteiger partial charge in [-0.1, -0.05) is 0 Å². The molecule has 6 nitrogen and oxygen atoms in total. The third-order valence-corrected chi connectivity index (χ3v) is 2.70. The van der Waals surface area contributed by atoms with Crippen LogP contribution in [-0.2, 0) is 6.42 Å². The monoisotopic (exact) mass is 284 g/mol. The van der Waals surface area contributed by atoms with Gasteiger partial charge in [-0.2, -0.15) is 15.5 Å². The van der Waals surface area contributed by atoms with Gasteiger partial charge in [0.15, 0.2) is 5.11 Å². The third kappa shape index (κ3) is 3.96. The predicted molar refractivity (Wildman–Crippen MR) is 78.9 cm³/mol. The zero-order chi connectivity index (χ0) is 14.2. The third-order valence-electron chi connectivity index (χ3n) is 2.45. The molecule has 0 unspecified atom stereocenters. The average Bonchev–Trinajstić information content (AvgIpc) is 2.49. The van der Waals surface area contributed by atoms with Gasteiger partial charge in [0.25, 0.3) is 0 Å². The topological polar surface area (TPSA) is 86.5 Å². The van der Waals surface area contributed by atoms with Crippen molar-refractivity contribution in [2.24, 2.45) is 0 Å². The summed E-state index contributed by atoms with van der Waals surface area (Å²) in [6.45, 7) is 0.624. The summed E-state index contributed by atoms with van der Waals surface area (Å²) in [5, 5.41) is 23.1. The molecule has 2 N–H and O–H groups in total. The smallest absolute Gasteiger partial charge is 0.171 e. The maximum absolute atomic E-state index is 8.95. The lowest BCUT2D eigenvalue weighted by Gasteiger charge is -2.10. The molecule has 2 rings (SSSR count). The highest BCUT2D eigenvalue weighted by Crippen LogP contribution is 2.08. The van der Waals surface area contributed by atoms with Gasteiger partial charge in [0.05, 0.1) is 11.3 Å². The van der Waals surface area contributed by atoms with Crippen molar-refractivity contribution >= 4 is 23.1 Å². The molecule has 0 fully saturated rings. The molecule has 0 bridgehead atoms. The fourth-order valence-corrected chi connectivity index (χ4v) is 1.72. The van der Waals surface area contributed by atoms with Crippen molar-refractivity contribution in [3.8, 4) is 6.07 Å². The second kappa shape index (κ2) is 7.11. The molecule has 20 heavy (non-hydrogen) atoms. The number of thiocarbonyl (C=S) groups is 1. The molecule has 0 spiro atoms. The second-order valence-electron chi connectivity index (χ2n) is 3.86. The van der Waals surface area contributed by atoms with Gasteiger partial charge in [0, 0.05) is 25.4 Å². The van der Waals surface area contributed by atoms with Crippen LogP contribution in [0.4, 0.5) is 5.82 Å². The summed E-state index contributed by atoms with van der Waals surface area (Å²) in [6.07, 6.45) is 3.95. The Morgan fingerprint density at radius 2 is 2.15 bits per heavy atom. The molecule has 0 saturated carbocycles. The lowest BCUT2D eigenvalue weighted by atomic mass is 10.3. The summed E-state index contributed by atoms with van der Waals surface area (Å²) in [5.41, 5.74) is 1.34. The molecule has 2 aromatic rings. The molecule has 0 saturated heterocycles. The van der Waals surface area contributed by atoms with Crippen molar-refractivity contribution in [2.45, 2.75) is 6.42 Å². The fraction of sp³-hybridized carbons (Fsp3) is 0.154. The van der Waals surface area contributed by atoms with Crippen LogP contribution in [-0.4, -0.2) is 26.8 Å². The van der Waals surface area contributed by atoms with E-state index in [0.29, 0.717) is 29.5 Å². The number of aromatic nitrogens is 3. The molecule has 7 heteroatoms. The van der Waals surface area contributed by atoms with E-state index in [4.69, 9.17) is 17.5 Å². The van der Waals surface area contributed by atoms with Crippen LogP contribution in [0.3, 0.4) is 0 Å². The number of hydrogen-bond donors (Lipinski definition) is 2. The van der Waals surface area contributed by atoms with Crippen molar-refractivity contribution in [3.63, 3.8) is 0 Å². The summed E-state index contributed by atoms with van der Waals surface area (Å²) in [6, 6.07) is 9.17. The van der Waals surface area contributed by atoms with Crippen LogP contribution >= 0.6 is 12.2 Å². The zero-order valence-electron chi connectivity index (χ0n) is 10.6. The Morgan fingerprint density at radius 1 is 1.30 bits per heavy atom. The Balaban J connectivity index is 1.83. The highest BCUT2D eigenvalue weighted by atomic mass is 32.1. The zero-order valence-corrected chi connectivity index (χ0v) is 11.4. The summed E-state index contributed by atoms with van der Waals surface area (Å²) < 4.78 is 0. The van der Waals surface area contributed by atoms with Gasteiger partial charge in [0.1, 0.15) is 11.9 Å². The van der Waals surface area contributed by atoms with Crippen molar-refractivity contribution in [1.82, 2.24) is 20.5 Å². The van der Waals surface area contributed by atoms with Crippen molar-refractivity contribution in [3.05, 3.63) is 47.9 Å². The minimum atomic E-state index is 0.420. The first-order valence-corrected chi connectivity index (χ1v) is 6.37. The minimum Gasteiger partial charge on any atom is -0.362 e. The van der Waals surface area contributed by atoms with Crippen LogP contribution in [0, 0.1) is 11.3 Å². The van der Waals surface area contributed by atoms with Crippen LogP contribution in [0.1, 0.15) is 11.3 Å². The predicted octanol–water partition coefficient (Wildman–Crippen LogP) is 1.27. The molecule has 100 valence electrons. The highest BCUT2D eigenvalue weighted by Gasteiger charge is 2.04. The summed E-state index contributed by atoms with van der Waals surface area (Å²) in [7, 11) is 0. The van der Waals surface area contributed by atoms with E-state index in [1.807, 2.05) is 12.1 Å². The number of pyridine rings is 1. The van der Waals surface area contributed by atoms with Crippen molar-refractivity contribution < 1.29 is 0 Å². The lowest BCUT2D eigenvalue weighted by molar-refractivity contribution is 0.817. The van der Waals surface area contributed by atoms with Crippen molar-refractivity contribution in [2.75, 3.05) is 11.9 Å². The highest BCUT2D eigenvalue weighted by molar-refractivity contribution is 7.80. The average molecular weight is 284 g/mol. The number of hydrogen-bond acceptors (Lipinski definition) is 5. The van der Waals surface area contributed by atoms with Gasteiger partial charge in [-0.3, -0.25) is 0 Å². The number of rotatable bonds is 4. The van der Waals surface area contributed by atoms with Gasteiger partial charge in [0.2, 0.25) is 0 Å². The standard InChI is InChI=1S/C13H12N6S/c14-9-10-3-1-6-15-12(10)18-13(20)16-8-5-11-4-2-7-17-19-11/h1-4,6-7H,5,8H2,(H2,15,16,18,20). The van der Waals surface area contributed by atoms with Gasteiger partial charge >= 0.3 is 0 Å². The largest absolute Gasteiger partial charge is 0.362 e. The Kier molecular flexibility index (Phi) is 4.92. The van der Waals surface area contributed by atoms with Gasteiger partial charge in [-0.15, -0.1) is 0 Å². The number of anilines is 1. The first-order valence-electron chi connectivity index (χ1n) is 5.96. The van der Waals surface area contributed by atoms with Crippen LogP contribution in [0.25, 0.3) is 0 Å². The summed E-state index contributed by atoms with van der Waals surface area (Å²) in [4.78, 5) is 4.07. The Labute approximate surface area is 121 Å².